The molecule has 0 aliphatic rings. The summed E-state index contributed by atoms with van der Waals surface area (Å²) in [6.07, 6.45) is 0. The molecule has 0 saturated heterocycles. The normalized spacial score (nSPS) is 9.80. The predicted molar refractivity (Wildman–Crippen MR) is 79.7 cm³/mol. The number of hydrogen-bond donors (Lipinski definition) is 0. The van der Waals surface area contributed by atoms with Gasteiger partial charge in [0, 0.05) is 41.7 Å². The Morgan fingerprint density at radius 3 is 2.00 bits per heavy atom. The number of nitrogens with zero attached hydrogens (tertiary/aromatic N) is 9. The van der Waals surface area contributed by atoms with Gasteiger partial charge in [-0.1, -0.05) is 10.2 Å². The summed E-state index contributed by atoms with van der Waals surface area (Å²) >= 11 is 0. The maximum absolute atomic E-state index is 8.31. The van der Waals surface area contributed by atoms with E-state index in [1.54, 1.807) is 7.98 Å². The molecule has 0 bridgehead atoms. The van der Waals surface area contributed by atoms with Crippen molar-refractivity contribution in [3.63, 3.8) is 0 Å². The van der Waals surface area contributed by atoms with Crippen LogP contribution in [0.2, 0.25) is 0 Å². The molecule has 0 amide bonds. The van der Waals surface area contributed by atoms with Crippen LogP contribution in [0.1, 0.15) is 0 Å². The second-order valence-electron chi connectivity index (χ2n) is 3.71. The van der Waals surface area contributed by atoms with E-state index in [0.717, 1.165) is 11.4 Å². The smallest absolute Gasteiger partial charge is 0.273 e. The highest BCUT2D eigenvalue weighted by molar-refractivity contribution is 6.04. The Balaban J connectivity index is 2.78. The van der Waals surface area contributed by atoms with Gasteiger partial charge in [0.15, 0.2) is 0 Å². The van der Waals surface area contributed by atoms with E-state index in [9.17, 15) is 0 Å². The van der Waals surface area contributed by atoms with E-state index in [1.807, 2.05) is 29.2 Å². The molecular formula is C10H14BN9. The number of anilines is 1. The van der Waals surface area contributed by atoms with Gasteiger partial charge in [0.2, 0.25) is 0 Å². The van der Waals surface area contributed by atoms with E-state index in [4.69, 9.17) is 11.1 Å². The van der Waals surface area contributed by atoms with Crippen molar-refractivity contribution in [1.29, 1.82) is 0 Å². The Morgan fingerprint density at radius 1 is 1.00 bits per heavy atom. The van der Waals surface area contributed by atoms with Gasteiger partial charge in [0.05, 0.1) is 5.69 Å². The lowest BCUT2D eigenvalue weighted by atomic mass is 10.2. The minimum atomic E-state index is 0.350. The molecule has 102 valence electrons. The predicted octanol–water partition coefficient (Wildman–Crippen LogP) is 2.75. The van der Waals surface area contributed by atoms with Crippen LogP contribution in [0, 0.1) is 0 Å². The van der Waals surface area contributed by atoms with Crippen LogP contribution in [-0.4, -0.2) is 34.2 Å². The molecule has 0 atom stereocenters. The Labute approximate surface area is 117 Å². The molecule has 0 saturated carbocycles. The lowest BCUT2D eigenvalue weighted by molar-refractivity contribution is 0.778. The molecule has 10 heteroatoms. The summed E-state index contributed by atoms with van der Waals surface area (Å²) in [5, 5.41) is 14.7. The van der Waals surface area contributed by atoms with Crippen molar-refractivity contribution in [3.8, 4) is 0 Å². The summed E-state index contributed by atoms with van der Waals surface area (Å²) in [5.74, 6) is 0. The molecule has 0 spiro atoms. The molecule has 0 unspecified atom stereocenters. The Hall–Kier alpha value is -2.70. The average Bonchev–Trinajstić information content (AvgIpc) is 2.47. The summed E-state index contributed by atoms with van der Waals surface area (Å²) < 4.78 is 0. The van der Waals surface area contributed by atoms with Crippen LogP contribution < -0.4 is 4.90 Å². The standard InChI is InChI=1S/C10H14BN9/c11-17-16-9-1-3-10(4-2-9)20(7-5-14-18-12)8-6-15-19-13/h1-4H,5-8,11H2. The molecule has 0 aliphatic carbocycles. The molecule has 0 radical (unpaired) electrons. The lowest BCUT2D eigenvalue weighted by Crippen LogP contribution is -2.28. The minimum absolute atomic E-state index is 0.350. The Kier molecular flexibility index (Phi) is 7.12. The number of hydrogen-bond acceptors (Lipinski definition) is 5. The minimum Gasteiger partial charge on any atom is -0.371 e. The highest BCUT2D eigenvalue weighted by Crippen LogP contribution is 2.19. The zero-order valence-corrected chi connectivity index (χ0v) is 11.2. The van der Waals surface area contributed by atoms with Gasteiger partial charge in [-0.15, -0.1) is 0 Å². The zero-order chi connectivity index (χ0) is 14.6. The molecule has 0 N–H and O–H groups in total. The van der Waals surface area contributed by atoms with E-state index in [-0.39, 0.29) is 0 Å². The van der Waals surface area contributed by atoms with E-state index in [1.165, 1.54) is 0 Å². The molecule has 1 aromatic rings. The van der Waals surface area contributed by atoms with Gasteiger partial charge >= 0.3 is 0 Å². The van der Waals surface area contributed by atoms with Gasteiger partial charge in [0.25, 0.3) is 7.98 Å². The first-order chi connectivity index (χ1) is 9.81. The van der Waals surface area contributed by atoms with Crippen LogP contribution in [0.25, 0.3) is 20.9 Å². The van der Waals surface area contributed by atoms with Crippen molar-refractivity contribution in [2.45, 2.75) is 0 Å². The fourth-order valence-electron chi connectivity index (χ4n) is 1.64. The molecule has 1 aromatic carbocycles. The summed E-state index contributed by atoms with van der Waals surface area (Å²) in [6.45, 7) is 1.81. The van der Waals surface area contributed by atoms with Crippen LogP contribution in [-0.2, 0) is 0 Å². The quantitative estimate of drug-likeness (QED) is 0.306. The second-order valence-corrected chi connectivity index (χ2v) is 3.71. The second kappa shape index (κ2) is 9.26. The zero-order valence-electron chi connectivity index (χ0n) is 11.2. The van der Waals surface area contributed by atoms with Crippen molar-refractivity contribution >= 4 is 19.4 Å². The molecular weight excluding hydrogens is 257 g/mol. The fraction of sp³-hybridized carbons (Fsp3) is 0.400. The number of rotatable bonds is 8. The summed E-state index contributed by atoms with van der Waals surface area (Å²) in [7, 11) is 1.61. The third-order valence-electron chi connectivity index (χ3n) is 2.50. The van der Waals surface area contributed by atoms with Crippen molar-refractivity contribution in [3.05, 3.63) is 45.2 Å². The van der Waals surface area contributed by atoms with Gasteiger partial charge in [0.1, 0.15) is 0 Å². The van der Waals surface area contributed by atoms with E-state index < -0.39 is 0 Å². The molecule has 0 heterocycles. The van der Waals surface area contributed by atoms with Crippen molar-refractivity contribution in [2.24, 2.45) is 20.4 Å². The molecule has 0 aliphatic heterocycles. The maximum atomic E-state index is 8.31. The average molecular weight is 271 g/mol. The third kappa shape index (κ3) is 5.30. The van der Waals surface area contributed by atoms with E-state index in [2.05, 4.69) is 30.2 Å². The third-order valence-corrected chi connectivity index (χ3v) is 2.50. The molecule has 20 heavy (non-hydrogen) atoms. The van der Waals surface area contributed by atoms with E-state index in [0.29, 0.717) is 26.2 Å². The number of azide groups is 2. The molecule has 0 aromatic heterocycles. The van der Waals surface area contributed by atoms with Crippen LogP contribution in [0.3, 0.4) is 0 Å². The lowest BCUT2D eigenvalue weighted by Gasteiger charge is -2.23. The highest BCUT2D eigenvalue weighted by Gasteiger charge is 2.05. The SMILES string of the molecule is BN=Nc1ccc(N(CCN=[N+]=[N-])CCN=[N+]=[N-])cc1. The van der Waals surface area contributed by atoms with Crippen LogP contribution in [0.5, 0.6) is 0 Å². The topological polar surface area (TPSA) is 125 Å². The van der Waals surface area contributed by atoms with E-state index >= 15 is 0 Å². The van der Waals surface area contributed by atoms with Gasteiger partial charge in [-0.25, -0.2) is 0 Å². The highest BCUT2D eigenvalue weighted by atomic mass is 15.2. The van der Waals surface area contributed by atoms with Crippen molar-refractivity contribution in [2.75, 3.05) is 31.1 Å². The first-order valence-corrected chi connectivity index (χ1v) is 5.98. The molecule has 0 fully saturated rings. The summed E-state index contributed by atoms with van der Waals surface area (Å²) in [6, 6.07) is 7.49. The largest absolute Gasteiger partial charge is 0.371 e. The molecule has 1 rings (SSSR count). The van der Waals surface area contributed by atoms with Gasteiger partial charge in [-0.3, -0.25) is 5.03 Å². The first-order valence-electron chi connectivity index (χ1n) is 5.98. The van der Waals surface area contributed by atoms with Crippen molar-refractivity contribution < 1.29 is 0 Å². The van der Waals surface area contributed by atoms with Crippen LogP contribution in [0.15, 0.2) is 44.6 Å². The van der Waals surface area contributed by atoms with Crippen LogP contribution in [0.4, 0.5) is 11.4 Å². The van der Waals surface area contributed by atoms with Gasteiger partial charge < -0.3 is 4.90 Å². The Morgan fingerprint density at radius 2 is 1.55 bits per heavy atom. The fourth-order valence-corrected chi connectivity index (χ4v) is 1.64. The van der Waals surface area contributed by atoms with Gasteiger partial charge in [-0.05, 0) is 35.3 Å². The Bertz CT molecular complexity index is 506. The molecule has 9 nitrogen and oxygen atoms in total. The van der Waals surface area contributed by atoms with Crippen molar-refractivity contribution in [1.82, 2.24) is 0 Å². The monoisotopic (exact) mass is 271 g/mol. The summed E-state index contributed by atoms with van der Waals surface area (Å²) in [5.41, 5.74) is 18.3. The maximum Gasteiger partial charge on any atom is 0.273 e. The first kappa shape index (κ1) is 15.4. The number of benzene rings is 1. The summed E-state index contributed by atoms with van der Waals surface area (Å²) in [4.78, 5) is 7.43. The van der Waals surface area contributed by atoms with Crippen LogP contribution >= 0.6 is 0 Å². The van der Waals surface area contributed by atoms with Gasteiger partial charge in [-0.2, -0.15) is 5.11 Å².